The highest BCUT2D eigenvalue weighted by Crippen LogP contribution is 2.41. The number of oxazole rings is 1. The highest BCUT2D eigenvalue weighted by Gasteiger charge is 2.37. The van der Waals surface area contributed by atoms with Crippen LogP contribution in [-0.2, 0) is 10.2 Å². The topological polar surface area (TPSA) is 68.3 Å². The van der Waals surface area contributed by atoms with Gasteiger partial charge in [0.15, 0.2) is 17.2 Å². The molecule has 1 saturated heterocycles. The van der Waals surface area contributed by atoms with Crippen molar-refractivity contribution in [2.24, 2.45) is 0 Å². The number of hydrogen-bond acceptors (Lipinski definition) is 5. The van der Waals surface area contributed by atoms with E-state index >= 15 is 0 Å². The molecular formula is C17H20N2O3. The van der Waals surface area contributed by atoms with Crippen molar-refractivity contribution in [3.63, 3.8) is 0 Å². The van der Waals surface area contributed by atoms with Gasteiger partial charge in [0.05, 0.1) is 18.6 Å². The van der Waals surface area contributed by atoms with Crippen LogP contribution >= 0.6 is 0 Å². The maximum atomic E-state index is 9.80. The van der Waals surface area contributed by atoms with E-state index in [-0.39, 0.29) is 5.92 Å². The van der Waals surface area contributed by atoms with Gasteiger partial charge in [0.2, 0.25) is 0 Å². The van der Waals surface area contributed by atoms with E-state index in [1.54, 1.807) is 7.11 Å². The van der Waals surface area contributed by atoms with Gasteiger partial charge in [0, 0.05) is 24.7 Å². The standard InChI is InChI=1S/C17H20N2O3/c1-11(2)16-19-14-12(4-5-13(20-3)15(14)22-16)17(10-18)6-8-21-9-7-17/h4-5,11H,6-9H2,1-3H3. The van der Waals surface area contributed by atoms with Gasteiger partial charge in [-0.05, 0) is 18.9 Å². The summed E-state index contributed by atoms with van der Waals surface area (Å²) >= 11 is 0. The van der Waals surface area contributed by atoms with Gasteiger partial charge < -0.3 is 13.9 Å². The molecular weight excluding hydrogens is 280 g/mol. The number of rotatable bonds is 3. The van der Waals surface area contributed by atoms with E-state index in [0.29, 0.717) is 43.3 Å². The second-order valence-electron chi connectivity index (χ2n) is 6.01. The van der Waals surface area contributed by atoms with Crippen LogP contribution in [-0.4, -0.2) is 25.3 Å². The van der Waals surface area contributed by atoms with Gasteiger partial charge in [-0.2, -0.15) is 5.26 Å². The molecule has 0 spiro atoms. The predicted octanol–water partition coefficient (Wildman–Crippen LogP) is 3.53. The molecule has 1 aliphatic heterocycles. The second kappa shape index (κ2) is 5.62. The number of nitriles is 1. The highest BCUT2D eigenvalue weighted by atomic mass is 16.5. The summed E-state index contributed by atoms with van der Waals surface area (Å²) in [5.41, 5.74) is 1.73. The zero-order valence-corrected chi connectivity index (χ0v) is 13.2. The Bertz CT molecular complexity index is 721. The van der Waals surface area contributed by atoms with E-state index in [2.05, 4.69) is 11.1 Å². The van der Waals surface area contributed by atoms with Crippen LogP contribution in [0, 0.1) is 11.3 Å². The summed E-state index contributed by atoms with van der Waals surface area (Å²) in [5, 5.41) is 9.80. The average molecular weight is 300 g/mol. The maximum absolute atomic E-state index is 9.80. The van der Waals surface area contributed by atoms with Crippen LogP contribution in [0.1, 0.15) is 44.1 Å². The first-order valence-corrected chi connectivity index (χ1v) is 7.58. The quantitative estimate of drug-likeness (QED) is 0.867. The van der Waals surface area contributed by atoms with E-state index < -0.39 is 5.41 Å². The molecule has 0 atom stereocenters. The van der Waals surface area contributed by atoms with E-state index in [1.165, 1.54) is 0 Å². The molecule has 0 radical (unpaired) electrons. The molecule has 22 heavy (non-hydrogen) atoms. The van der Waals surface area contributed by atoms with Crippen molar-refractivity contribution in [3.05, 3.63) is 23.6 Å². The van der Waals surface area contributed by atoms with Crippen LogP contribution in [0.3, 0.4) is 0 Å². The van der Waals surface area contributed by atoms with E-state index in [4.69, 9.17) is 13.9 Å². The molecule has 3 rings (SSSR count). The zero-order chi connectivity index (χ0) is 15.7. The van der Waals surface area contributed by atoms with Gasteiger partial charge in [-0.1, -0.05) is 19.9 Å². The molecule has 0 unspecified atom stereocenters. The third-order valence-corrected chi connectivity index (χ3v) is 4.31. The molecule has 2 heterocycles. The van der Waals surface area contributed by atoms with Gasteiger partial charge in [-0.3, -0.25) is 0 Å². The fraction of sp³-hybridized carbons (Fsp3) is 0.529. The first-order chi connectivity index (χ1) is 10.6. The predicted molar refractivity (Wildman–Crippen MR) is 82.0 cm³/mol. The molecule has 0 bridgehead atoms. The second-order valence-corrected chi connectivity index (χ2v) is 6.01. The Hall–Kier alpha value is -2.06. The minimum absolute atomic E-state index is 0.178. The lowest BCUT2D eigenvalue weighted by Gasteiger charge is -2.31. The average Bonchev–Trinajstić information content (AvgIpc) is 3.00. The Morgan fingerprint density at radius 2 is 2.05 bits per heavy atom. The molecule has 1 aliphatic rings. The summed E-state index contributed by atoms with van der Waals surface area (Å²) in [5.74, 6) is 1.50. The lowest BCUT2D eigenvalue weighted by atomic mass is 9.75. The molecule has 0 amide bonds. The van der Waals surface area contributed by atoms with Crippen LogP contribution in [0.5, 0.6) is 5.75 Å². The Labute approximate surface area is 129 Å². The van der Waals surface area contributed by atoms with Crippen molar-refractivity contribution >= 4 is 11.1 Å². The largest absolute Gasteiger partial charge is 0.493 e. The summed E-state index contributed by atoms with van der Waals surface area (Å²) in [7, 11) is 1.61. The normalized spacial score (nSPS) is 17.6. The minimum atomic E-state index is -0.562. The third kappa shape index (κ3) is 2.24. The smallest absolute Gasteiger partial charge is 0.198 e. The molecule has 0 aliphatic carbocycles. The summed E-state index contributed by atoms with van der Waals surface area (Å²) in [4.78, 5) is 4.65. The summed E-state index contributed by atoms with van der Waals surface area (Å²) in [6, 6.07) is 6.31. The first kappa shape index (κ1) is 14.9. The number of ether oxygens (including phenoxy) is 2. The number of benzene rings is 1. The lowest BCUT2D eigenvalue weighted by molar-refractivity contribution is 0.0679. The molecule has 116 valence electrons. The number of methoxy groups -OCH3 is 1. The van der Waals surface area contributed by atoms with Gasteiger partial charge in [0.25, 0.3) is 0 Å². The summed E-state index contributed by atoms with van der Waals surface area (Å²) in [6.45, 7) is 5.25. The van der Waals surface area contributed by atoms with Crippen molar-refractivity contribution in [1.29, 1.82) is 5.26 Å². The minimum Gasteiger partial charge on any atom is -0.493 e. The maximum Gasteiger partial charge on any atom is 0.198 e. The highest BCUT2D eigenvalue weighted by molar-refractivity contribution is 5.84. The van der Waals surface area contributed by atoms with Gasteiger partial charge in [0.1, 0.15) is 5.52 Å². The molecule has 0 saturated carbocycles. The van der Waals surface area contributed by atoms with Crippen molar-refractivity contribution in [1.82, 2.24) is 4.98 Å². The van der Waals surface area contributed by atoms with E-state index in [1.807, 2.05) is 26.0 Å². The van der Waals surface area contributed by atoms with Crippen molar-refractivity contribution in [2.45, 2.75) is 38.0 Å². The summed E-state index contributed by atoms with van der Waals surface area (Å²) in [6.07, 6.45) is 1.35. The van der Waals surface area contributed by atoms with Crippen LogP contribution < -0.4 is 4.74 Å². The molecule has 1 fully saturated rings. The molecule has 5 heteroatoms. The molecule has 1 aromatic carbocycles. The van der Waals surface area contributed by atoms with Crippen molar-refractivity contribution in [3.8, 4) is 11.8 Å². The molecule has 1 aromatic heterocycles. The lowest BCUT2D eigenvalue weighted by Crippen LogP contribution is -2.32. The van der Waals surface area contributed by atoms with Gasteiger partial charge in [-0.15, -0.1) is 0 Å². The third-order valence-electron chi connectivity index (χ3n) is 4.31. The monoisotopic (exact) mass is 300 g/mol. The fourth-order valence-electron chi connectivity index (χ4n) is 2.95. The van der Waals surface area contributed by atoms with Crippen LogP contribution in [0.25, 0.3) is 11.1 Å². The number of nitrogens with zero attached hydrogens (tertiary/aromatic N) is 2. The Morgan fingerprint density at radius 1 is 1.32 bits per heavy atom. The molecule has 2 aromatic rings. The zero-order valence-electron chi connectivity index (χ0n) is 13.2. The number of aromatic nitrogens is 1. The van der Waals surface area contributed by atoms with Crippen LogP contribution in [0.15, 0.2) is 16.5 Å². The number of hydrogen-bond donors (Lipinski definition) is 0. The molecule has 5 nitrogen and oxygen atoms in total. The first-order valence-electron chi connectivity index (χ1n) is 7.58. The van der Waals surface area contributed by atoms with Gasteiger partial charge in [-0.25, -0.2) is 4.98 Å². The number of fused-ring (bicyclic) bond motifs is 1. The molecule has 0 N–H and O–H groups in total. The SMILES string of the molecule is COc1ccc(C2(C#N)CCOCC2)c2nc(C(C)C)oc12. The van der Waals surface area contributed by atoms with Crippen LogP contribution in [0.2, 0.25) is 0 Å². The Kier molecular flexibility index (Phi) is 3.79. The van der Waals surface area contributed by atoms with Crippen molar-refractivity contribution < 1.29 is 13.9 Å². The van der Waals surface area contributed by atoms with Crippen molar-refractivity contribution in [2.75, 3.05) is 20.3 Å². The van der Waals surface area contributed by atoms with Gasteiger partial charge >= 0.3 is 0 Å². The summed E-state index contributed by atoms with van der Waals surface area (Å²) < 4.78 is 16.7. The van der Waals surface area contributed by atoms with E-state index in [0.717, 1.165) is 11.1 Å². The Morgan fingerprint density at radius 3 is 2.64 bits per heavy atom. The Balaban J connectivity index is 2.23. The van der Waals surface area contributed by atoms with Crippen LogP contribution in [0.4, 0.5) is 0 Å². The van der Waals surface area contributed by atoms with E-state index in [9.17, 15) is 5.26 Å². The fourth-order valence-corrected chi connectivity index (χ4v) is 2.95.